The number of hydrogen-bond acceptors (Lipinski definition) is 1. The second-order valence-electron chi connectivity index (χ2n) is 2.63. The fraction of sp³-hybridized carbons (Fsp3) is 0.222. The molecule has 0 N–H and O–H groups in total. The molecule has 2 rings (SSSR count). The Bertz CT molecular complexity index is 333. The van der Waals surface area contributed by atoms with E-state index >= 15 is 0 Å². The highest BCUT2D eigenvalue weighted by molar-refractivity contribution is 6.04. The summed E-state index contributed by atoms with van der Waals surface area (Å²) in [7, 11) is 0. The van der Waals surface area contributed by atoms with Gasteiger partial charge in [0.05, 0.1) is 0 Å². The van der Waals surface area contributed by atoms with Crippen LogP contribution >= 0.6 is 0 Å². The first-order valence-electron chi connectivity index (χ1n) is 3.75. The minimum absolute atomic E-state index is 0.132. The Labute approximate surface area is 65.1 Å². The zero-order valence-electron chi connectivity index (χ0n) is 6.37. The second-order valence-corrected chi connectivity index (χ2v) is 2.63. The van der Waals surface area contributed by atoms with Gasteiger partial charge < -0.3 is 0 Å². The molecule has 1 aromatic rings. The van der Waals surface area contributed by atoms with E-state index in [-0.39, 0.29) is 5.91 Å². The van der Waals surface area contributed by atoms with Gasteiger partial charge in [0, 0.05) is 17.5 Å². The summed E-state index contributed by atoms with van der Waals surface area (Å²) in [6.45, 7) is 2.00. The van der Waals surface area contributed by atoms with Crippen LogP contribution in [0.5, 0.6) is 0 Å². The van der Waals surface area contributed by atoms with E-state index in [2.05, 4.69) is 0 Å². The third kappa shape index (κ3) is 0.755. The van der Waals surface area contributed by atoms with Crippen molar-refractivity contribution in [2.24, 2.45) is 0 Å². The summed E-state index contributed by atoms with van der Waals surface area (Å²) < 4.78 is 1.68. The largest absolute Gasteiger partial charge is 0.284 e. The molecule has 1 aliphatic heterocycles. The fourth-order valence-electron chi connectivity index (χ4n) is 1.34. The number of fused-ring (bicyclic) bond motifs is 1. The SMILES string of the molecule is CCC1=Cc2cccn2C1=O. The number of carbonyl (C=O) groups is 1. The van der Waals surface area contributed by atoms with Gasteiger partial charge in [0.2, 0.25) is 0 Å². The summed E-state index contributed by atoms with van der Waals surface area (Å²) in [4.78, 5) is 11.4. The van der Waals surface area contributed by atoms with Crippen LogP contribution in [0.2, 0.25) is 0 Å². The van der Waals surface area contributed by atoms with Crippen LogP contribution in [0, 0.1) is 0 Å². The summed E-state index contributed by atoms with van der Waals surface area (Å²) >= 11 is 0. The van der Waals surface area contributed by atoms with Crippen LogP contribution in [0.3, 0.4) is 0 Å². The zero-order chi connectivity index (χ0) is 7.84. The van der Waals surface area contributed by atoms with Gasteiger partial charge in [0.15, 0.2) is 0 Å². The van der Waals surface area contributed by atoms with Gasteiger partial charge in [-0.05, 0) is 24.6 Å². The number of nitrogens with zero attached hydrogens (tertiary/aromatic N) is 1. The zero-order valence-corrected chi connectivity index (χ0v) is 6.37. The summed E-state index contributed by atoms with van der Waals surface area (Å²) in [6, 6.07) is 3.83. The van der Waals surface area contributed by atoms with E-state index in [1.165, 1.54) is 0 Å². The molecule has 1 aromatic heterocycles. The highest BCUT2D eigenvalue weighted by atomic mass is 16.2. The maximum Gasteiger partial charge on any atom is 0.258 e. The van der Waals surface area contributed by atoms with Gasteiger partial charge in [-0.25, -0.2) is 0 Å². The third-order valence-corrected chi connectivity index (χ3v) is 1.98. The fourth-order valence-corrected chi connectivity index (χ4v) is 1.34. The van der Waals surface area contributed by atoms with E-state index < -0.39 is 0 Å². The van der Waals surface area contributed by atoms with Crippen LogP contribution in [0.25, 0.3) is 6.08 Å². The maximum absolute atomic E-state index is 11.4. The molecule has 11 heavy (non-hydrogen) atoms. The van der Waals surface area contributed by atoms with Crippen molar-refractivity contribution in [3.05, 3.63) is 29.6 Å². The standard InChI is InChI=1S/C9H9NO/c1-2-7-6-8-4-3-5-10(8)9(7)11/h3-6H,2H2,1H3. The van der Waals surface area contributed by atoms with Gasteiger partial charge in [-0.15, -0.1) is 0 Å². The minimum Gasteiger partial charge on any atom is -0.284 e. The number of hydrogen-bond donors (Lipinski definition) is 0. The van der Waals surface area contributed by atoms with E-state index in [9.17, 15) is 4.79 Å². The van der Waals surface area contributed by atoms with E-state index in [1.54, 1.807) is 10.8 Å². The molecule has 2 nitrogen and oxygen atoms in total. The lowest BCUT2D eigenvalue weighted by Crippen LogP contribution is -2.06. The average molecular weight is 147 g/mol. The van der Waals surface area contributed by atoms with E-state index in [4.69, 9.17) is 0 Å². The normalized spacial score (nSPS) is 15.0. The van der Waals surface area contributed by atoms with Crippen molar-refractivity contribution < 1.29 is 4.79 Å². The predicted octanol–water partition coefficient (Wildman–Crippen LogP) is 1.94. The Morgan fingerprint density at radius 3 is 3.00 bits per heavy atom. The highest BCUT2D eigenvalue weighted by Crippen LogP contribution is 2.20. The van der Waals surface area contributed by atoms with Gasteiger partial charge in [0.1, 0.15) is 0 Å². The van der Waals surface area contributed by atoms with Crippen molar-refractivity contribution in [3.63, 3.8) is 0 Å². The Morgan fingerprint density at radius 1 is 1.55 bits per heavy atom. The first kappa shape index (κ1) is 6.40. The summed E-state index contributed by atoms with van der Waals surface area (Å²) in [5.74, 6) is 0.132. The van der Waals surface area contributed by atoms with E-state index in [0.29, 0.717) is 0 Å². The van der Waals surface area contributed by atoms with Crippen molar-refractivity contribution >= 4 is 12.0 Å². The quantitative estimate of drug-likeness (QED) is 0.595. The lowest BCUT2D eigenvalue weighted by Gasteiger charge is -1.95. The molecule has 2 heterocycles. The minimum atomic E-state index is 0.132. The molecule has 0 aromatic carbocycles. The predicted molar refractivity (Wildman–Crippen MR) is 43.3 cm³/mol. The maximum atomic E-state index is 11.4. The van der Waals surface area contributed by atoms with Crippen molar-refractivity contribution in [2.75, 3.05) is 0 Å². The highest BCUT2D eigenvalue weighted by Gasteiger charge is 2.18. The number of carbonyl (C=O) groups excluding carboxylic acids is 1. The van der Waals surface area contributed by atoms with Gasteiger partial charge in [0.25, 0.3) is 5.91 Å². The van der Waals surface area contributed by atoms with Crippen molar-refractivity contribution in [3.8, 4) is 0 Å². The molecule has 0 aliphatic carbocycles. The molecule has 0 saturated carbocycles. The molecule has 56 valence electrons. The van der Waals surface area contributed by atoms with Gasteiger partial charge in [-0.1, -0.05) is 6.92 Å². The first-order chi connectivity index (χ1) is 5.33. The Kier molecular flexibility index (Phi) is 1.22. The monoisotopic (exact) mass is 147 g/mol. The third-order valence-electron chi connectivity index (χ3n) is 1.98. The molecule has 1 aliphatic rings. The molecular formula is C9H9NO. The van der Waals surface area contributed by atoms with Crippen molar-refractivity contribution in [1.29, 1.82) is 0 Å². The summed E-state index contributed by atoms with van der Waals surface area (Å²) in [6.07, 6.45) is 4.57. The Hall–Kier alpha value is -1.31. The van der Waals surface area contributed by atoms with Crippen LogP contribution in [-0.4, -0.2) is 10.5 Å². The van der Waals surface area contributed by atoms with E-state index in [0.717, 1.165) is 17.7 Å². The molecule has 0 spiro atoms. The van der Waals surface area contributed by atoms with Crippen LogP contribution < -0.4 is 0 Å². The number of allylic oxidation sites excluding steroid dienone is 1. The summed E-state index contributed by atoms with van der Waals surface area (Å²) in [5.41, 5.74) is 1.91. The molecule has 0 fully saturated rings. The van der Waals surface area contributed by atoms with Crippen LogP contribution in [-0.2, 0) is 0 Å². The molecule has 0 unspecified atom stereocenters. The van der Waals surface area contributed by atoms with Crippen molar-refractivity contribution in [1.82, 2.24) is 4.57 Å². The van der Waals surface area contributed by atoms with Gasteiger partial charge in [-0.3, -0.25) is 9.36 Å². The Balaban J connectivity index is 2.52. The number of aromatic nitrogens is 1. The lowest BCUT2D eigenvalue weighted by molar-refractivity contribution is 0.0959. The lowest BCUT2D eigenvalue weighted by atomic mass is 10.2. The van der Waals surface area contributed by atoms with Crippen LogP contribution in [0.15, 0.2) is 23.9 Å². The number of rotatable bonds is 1. The van der Waals surface area contributed by atoms with Crippen LogP contribution in [0.1, 0.15) is 23.8 Å². The Morgan fingerprint density at radius 2 is 2.36 bits per heavy atom. The summed E-state index contributed by atoms with van der Waals surface area (Å²) in [5, 5.41) is 0. The molecular weight excluding hydrogens is 138 g/mol. The van der Waals surface area contributed by atoms with E-state index in [1.807, 2.05) is 25.1 Å². The van der Waals surface area contributed by atoms with Crippen LogP contribution in [0.4, 0.5) is 0 Å². The molecule has 0 atom stereocenters. The van der Waals surface area contributed by atoms with Crippen molar-refractivity contribution in [2.45, 2.75) is 13.3 Å². The molecule has 0 saturated heterocycles. The van der Waals surface area contributed by atoms with Gasteiger partial charge in [-0.2, -0.15) is 0 Å². The molecule has 0 bridgehead atoms. The average Bonchev–Trinajstić information content (AvgIpc) is 2.53. The molecule has 0 radical (unpaired) electrons. The molecule has 0 amide bonds. The first-order valence-corrected chi connectivity index (χ1v) is 3.75. The smallest absolute Gasteiger partial charge is 0.258 e. The molecule has 2 heteroatoms. The van der Waals surface area contributed by atoms with Gasteiger partial charge >= 0.3 is 0 Å². The second kappa shape index (κ2) is 2.09. The topological polar surface area (TPSA) is 22.0 Å².